The Labute approximate surface area is 123 Å². The zero-order valence-electron chi connectivity index (χ0n) is 11.9. The van der Waals surface area contributed by atoms with Crippen molar-refractivity contribution in [1.82, 2.24) is 10.2 Å². The molecule has 0 aliphatic carbocycles. The molecule has 1 aromatic rings. The van der Waals surface area contributed by atoms with Gasteiger partial charge in [0.25, 0.3) is 5.91 Å². The predicted molar refractivity (Wildman–Crippen MR) is 77.9 cm³/mol. The van der Waals surface area contributed by atoms with Gasteiger partial charge in [0, 0.05) is 18.1 Å². The van der Waals surface area contributed by atoms with E-state index in [1.807, 2.05) is 13.8 Å². The van der Waals surface area contributed by atoms with Gasteiger partial charge in [0.2, 0.25) is 5.91 Å². The molecule has 0 atom stereocenters. The van der Waals surface area contributed by atoms with Gasteiger partial charge in [-0.3, -0.25) is 9.59 Å². The third kappa shape index (κ3) is 5.93. The van der Waals surface area contributed by atoms with E-state index in [4.69, 9.17) is 16.3 Å². The van der Waals surface area contributed by atoms with Crippen LogP contribution in [0.25, 0.3) is 0 Å². The number of likely N-dealkylation sites (N-methyl/N-ethyl adjacent to an activating group) is 1. The zero-order chi connectivity index (χ0) is 15.1. The molecule has 0 bridgehead atoms. The summed E-state index contributed by atoms with van der Waals surface area (Å²) in [6.45, 7) is 3.63. The molecule has 0 saturated heterocycles. The van der Waals surface area contributed by atoms with Crippen molar-refractivity contribution in [2.45, 2.75) is 19.9 Å². The van der Waals surface area contributed by atoms with Gasteiger partial charge in [-0.25, -0.2) is 0 Å². The first-order valence-electron chi connectivity index (χ1n) is 6.30. The second kappa shape index (κ2) is 7.75. The van der Waals surface area contributed by atoms with Crippen molar-refractivity contribution in [3.8, 4) is 5.75 Å². The molecular formula is C14H19ClN2O3. The number of benzene rings is 1. The molecule has 1 rings (SSSR count). The van der Waals surface area contributed by atoms with Crippen molar-refractivity contribution >= 4 is 23.4 Å². The Morgan fingerprint density at radius 1 is 1.30 bits per heavy atom. The fourth-order valence-electron chi connectivity index (χ4n) is 1.46. The molecule has 2 amide bonds. The number of hydrogen-bond acceptors (Lipinski definition) is 3. The Kier molecular flexibility index (Phi) is 6.31. The minimum Gasteiger partial charge on any atom is -0.484 e. The minimum absolute atomic E-state index is 0.0149. The quantitative estimate of drug-likeness (QED) is 0.869. The van der Waals surface area contributed by atoms with Gasteiger partial charge in [-0.15, -0.1) is 0 Å². The highest BCUT2D eigenvalue weighted by Gasteiger charge is 2.14. The molecule has 0 radical (unpaired) electrons. The van der Waals surface area contributed by atoms with Crippen LogP contribution in [-0.2, 0) is 9.59 Å². The zero-order valence-corrected chi connectivity index (χ0v) is 12.6. The SMILES string of the molecule is CC(C)NC(=O)CN(C)C(=O)COc1ccc(Cl)cc1. The minimum atomic E-state index is -0.265. The molecule has 0 unspecified atom stereocenters. The fourth-order valence-corrected chi connectivity index (χ4v) is 1.58. The highest BCUT2D eigenvalue weighted by atomic mass is 35.5. The van der Waals surface area contributed by atoms with E-state index in [2.05, 4.69) is 5.32 Å². The number of nitrogens with zero attached hydrogens (tertiary/aromatic N) is 1. The summed E-state index contributed by atoms with van der Waals surface area (Å²) in [4.78, 5) is 24.6. The van der Waals surface area contributed by atoms with E-state index in [0.29, 0.717) is 10.8 Å². The lowest BCUT2D eigenvalue weighted by Crippen LogP contribution is -2.42. The van der Waals surface area contributed by atoms with E-state index < -0.39 is 0 Å². The van der Waals surface area contributed by atoms with Crippen LogP contribution in [0.2, 0.25) is 5.02 Å². The molecule has 0 aromatic heterocycles. The maximum Gasteiger partial charge on any atom is 0.260 e. The van der Waals surface area contributed by atoms with E-state index in [-0.39, 0.29) is 31.0 Å². The van der Waals surface area contributed by atoms with Gasteiger partial charge < -0.3 is 15.0 Å². The summed E-state index contributed by atoms with van der Waals surface area (Å²) in [5, 5.41) is 3.32. The Balaban J connectivity index is 2.38. The average molecular weight is 299 g/mol. The monoisotopic (exact) mass is 298 g/mol. The van der Waals surface area contributed by atoms with Gasteiger partial charge in [0.1, 0.15) is 5.75 Å². The van der Waals surface area contributed by atoms with E-state index >= 15 is 0 Å². The fraction of sp³-hybridized carbons (Fsp3) is 0.429. The van der Waals surface area contributed by atoms with Crippen LogP contribution >= 0.6 is 11.6 Å². The summed E-state index contributed by atoms with van der Waals surface area (Å²) >= 11 is 5.75. The lowest BCUT2D eigenvalue weighted by molar-refractivity contribution is -0.136. The Bertz CT molecular complexity index is 460. The van der Waals surface area contributed by atoms with Gasteiger partial charge in [-0.1, -0.05) is 11.6 Å². The van der Waals surface area contributed by atoms with Crippen LogP contribution in [0.1, 0.15) is 13.8 Å². The lowest BCUT2D eigenvalue weighted by atomic mass is 10.3. The molecule has 0 saturated carbocycles. The molecule has 0 spiro atoms. The number of hydrogen-bond donors (Lipinski definition) is 1. The highest BCUT2D eigenvalue weighted by Crippen LogP contribution is 2.15. The van der Waals surface area contributed by atoms with E-state index in [1.165, 1.54) is 4.90 Å². The van der Waals surface area contributed by atoms with E-state index in [1.54, 1.807) is 31.3 Å². The van der Waals surface area contributed by atoms with Crippen LogP contribution in [0.15, 0.2) is 24.3 Å². The Hall–Kier alpha value is -1.75. The Morgan fingerprint density at radius 2 is 1.90 bits per heavy atom. The van der Waals surface area contributed by atoms with Crippen molar-refractivity contribution < 1.29 is 14.3 Å². The maximum atomic E-state index is 11.8. The molecule has 110 valence electrons. The molecular weight excluding hydrogens is 280 g/mol. The topological polar surface area (TPSA) is 58.6 Å². The second-order valence-corrected chi connectivity index (χ2v) is 5.15. The summed E-state index contributed by atoms with van der Waals surface area (Å²) in [6.07, 6.45) is 0. The van der Waals surface area contributed by atoms with Crippen molar-refractivity contribution in [1.29, 1.82) is 0 Å². The summed E-state index contributed by atoms with van der Waals surface area (Å²) in [5.41, 5.74) is 0. The number of rotatable bonds is 6. The van der Waals surface area contributed by atoms with Crippen LogP contribution in [0.3, 0.4) is 0 Å². The molecule has 1 N–H and O–H groups in total. The predicted octanol–water partition coefficient (Wildman–Crippen LogP) is 1.70. The number of carbonyl (C=O) groups is 2. The van der Waals surface area contributed by atoms with Crippen molar-refractivity contribution in [2.75, 3.05) is 20.2 Å². The number of halogens is 1. The van der Waals surface area contributed by atoms with Crippen LogP contribution < -0.4 is 10.1 Å². The first-order valence-corrected chi connectivity index (χ1v) is 6.68. The maximum absolute atomic E-state index is 11.8. The first kappa shape index (κ1) is 16.3. The van der Waals surface area contributed by atoms with Crippen molar-refractivity contribution in [3.05, 3.63) is 29.3 Å². The molecule has 1 aromatic carbocycles. The van der Waals surface area contributed by atoms with Gasteiger partial charge in [-0.05, 0) is 38.1 Å². The normalized spacial score (nSPS) is 10.2. The van der Waals surface area contributed by atoms with Crippen LogP contribution in [0.5, 0.6) is 5.75 Å². The van der Waals surface area contributed by atoms with Crippen LogP contribution in [0.4, 0.5) is 0 Å². The molecule has 0 heterocycles. The van der Waals surface area contributed by atoms with Gasteiger partial charge in [0.15, 0.2) is 6.61 Å². The Morgan fingerprint density at radius 3 is 2.45 bits per heavy atom. The highest BCUT2D eigenvalue weighted by molar-refractivity contribution is 6.30. The number of carbonyl (C=O) groups excluding carboxylic acids is 2. The average Bonchev–Trinajstić information content (AvgIpc) is 2.36. The number of ether oxygens (including phenoxy) is 1. The summed E-state index contributed by atoms with van der Waals surface area (Å²) in [5.74, 6) is 0.101. The van der Waals surface area contributed by atoms with Crippen LogP contribution in [-0.4, -0.2) is 43.0 Å². The van der Waals surface area contributed by atoms with Crippen LogP contribution in [0, 0.1) is 0 Å². The second-order valence-electron chi connectivity index (χ2n) is 4.71. The van der Waals surface area contributed by atoms with Gasteiger partial charge >= 0.3 is 0 Å². The summed E-state index contributed by atoms with van der Waals surface area (Å²) < 4.78 is 5.33. The smallest absolute Gasteiger partial charge is 0.260 e. The van der Waals surface area contributed by atoms with Gasteiger partial charge in [-0.2, -0.15) is 0 Å². The standard InChI is InChI=1S/C14H19ClN2O3/c1-10(2)16-13(18)8-17(3)14(19)9-20-12-6-4-11(15)5-7-12/h4-7,10H,8-9H2,1-3H3,(H,16,18). The number of nitrogens with one attached hydrogen (secondary N) is 1. The van der Waals surface area contributed by atoms with E-state index in [0.717, 1.165) is 0 Å². The molecule has 0 aliphatic heterocycles. The molecule has 6 heteroatoms. The first-order chi connectivity index (χ1) is 9.38. The largest absolute Gasteiger partial charge is 0.484 e. The number of amides is 2. The van der Waals surface area contributed by atoms with Gasteiger partial charge in [0.05, 0.1) is 6.54 Å². The van der Waals surface area contributed by atoms with E-state index in [9.17, 15) is 9.59 Å². The lowest BCUT2D eigenvalue weighted by Gasteiger charge is -2.18. The summed E-state index contributed by atoms with van der Waals surface area (Å²) in [6, 6.07) is 6.78. The molecule has 0 fully saturated rings. The molecule has 5 nitrogen and oxygen atoms in total. The molecule has 0 aliphatic rings. The molecule has 20 heavy (non-hydrogen) atoms. The third-order valence-corrected chi connectivity index (χ3v) is 2.68. The van der Waals surface area contributed by atoms with Crippen molar-refractivity contribution in [3.63, 3.8) is 0 Å². The third-order valence-electron chi connectivity index (χ3n) is 2.43. The summed E-state index contributed by atoms with van der Waals surface area (Å²) in [7, 11) is 1.56. The van der Waals surface area contributed by atoms with Crippen molar-refractivity contribution in [2.24, 2.45) is 0 Å².